The van der Waals surface area contributed by atoms with Gasteiger partial charge in [-0.05, 0) is 97.8 Å². The Kier molecular flexibility index (Phi) is 10.7. The van der Waals surface area contributed by atoms with Gasteiger partial charge in [0.25, 0.3) is 0 Å². The molecule has 0 aromatic heterocycles. The molecule has 0 N–H and O–H groups in total. The summed E-state index contributed by atoms with van der Waals surface area (Å²) in [5.41, 5.74) is 5.62. The molecule has 2 fully saturated rings. The molecule has 0 atom stereocenters. The molecule has 0 heterocycles. The molecule has 0 bridgehead atoms. The van der Waals surface area contributed by atoms with Gasteiger partial charge < -0.3 is 0 Å². The van der Waals surface area contributed by atoms with Gasteiger partial charge in [-0.3, -0.25) is 0 Å². The van der Waals surface area contributed by atoms with Crippen LogP contribution < -0.4 is 0 Å². The summed E-state index contributed by atoms with van der Waals surface area (Å²) < 4.78 is 0. The third-order valence-corrected chi connectivity index (χ3v) is 9.85. The van der Waals surface area contributed by atoms with Gasteiger partial charge in [0.1, 0.15) is 0 Å². The number of hydrogen-bond acceptors (Lipinski definition) is 1. The summed E-state index contributed by atoms with van der Waals surface area (Å²) >= 11 is 0. The zero-order chi connectivity index (χ0) is 25.9. The second-order valence-electron chi connectivity index (χ2n) is 12.4. The second-order valence-corrected chi connectivity index (χ2v) is 12.4. The van der Waals surface area contributed by atoms with Gasteiger partial charge in [-0.15, -0.1) is 0 Å². The van der Waals surface area contributed by atoms with E-state index in [0.717, 1.165) is 43.9 Å². The molecule has 2 aliphatic rings. The van der Waals surface area contributed by atoms with E-state index in [0.29, 0.717) is 5.92 Å². The van der Waals surface area contributed by atoms with Crippen molar-refractivity contribution in [2.24, 2.45) is 11.3 Å². The number of benzene rings is 2. The van der Waals surface area contributed by atoms with Gasteiger partial charge >= 0.3 is 0 Å². The molecule has 2 aromatic rings. The van der Waals surface area contributed by atoms with Crippen molar-refractivity contribution in [3.8, 4) is 17.2 Å². The van der Waals surface area contributed by atoms with Crippen LogP contribution in [0.5, 0.6) is 0 Å². The number of hydrogen-bond donors (Lipinski definition) is 0. The molecule has 0 amide bonds. The number of unbranched alkanes of at least 4 members (excludes halogenated alkanes) is 5. The number of nitriles is 1. The Hall–Kier alpha value is -2.07. The summed E-state index contributed by atoms with van der Waals surface area (Å²) in [7, 11) is 0. The highest BCUT2D eigenvalue weighted by molar-refractivity contribution is 5.64. The fourth-order valence-electron chi connectivity index (χ4n) is 7.16. The lowest BCUT2D eigenvalue weighted by Crippen LogP contribution is -2.25. The molecule has 0 radical (unpaired) electrons. The number of nitrogens with zero attached hydrogens (tertiary/aromatic N) is 1. The van der Waals surface area contributed by atoms with E-state index in [-0.39, 0.29) is 5.41 Å². The maximum atomic E-state index is 9.96. The first kappa shape index (κ1) is 28.0. The lowest BCUT2D eigenvalue weighted by atomic mass is 9.67. The summed E-state index contributed by atoms with van der Waals surface area (Å²) in [6.45, 7) is 4.58. The van der Waals surface area contributed by atoms with Crippen LogP contribution in [-0.2, 0) is 0 Å². The SMILES string of the molecule is CCCCCCCC1(C#N)CCC(c2ccc(-c3ccc(C4CCC(CCCC)CC4)cc3)cc2)CC1. The predicted octanol–water partition coefficient (Wildman–Crippen LogP) is 11.3. The predicted molar refractivity (Wildman–Crippen MR) is 159 cm³/mol. The van der Waals surface area contributed by atoms with Crippen LogP contribution >= 0.6 is 0 Å². The van der Waals surface area contributed by atoms with Gasteiger partial charge in [0.2, 0.25) is 0 Å². The molecule has 2 saturated carbocycles. The van der Waals surface area contributed by atoms with E-state index in [2.05, 4.69) is 68.4 Å². The summed E-state index contributed by atoms with van der Waals surface area (Å²) in [4.78, 5) is 0. The van der Waals surface area contributed by atoms with Gasteiger partial charge in [-0.25, -0.2) is 0 Å². The fourth-order valence-corrected chi connectivity index (χ4v) is 7.16. The monoisotopic (exact) mass is 497 g/mol. The molecule has 0 spiro atoms. The van der Waals surface area contributed by atoms with Gasteiger partial charge in [0.15, 0.2) is 0 Å². The van der Waals surface area contributed by atoms with Crippen LogP contribution in [0.15, 0.2) is 48.5 Å². The normalized spacial score (nSPS) is 26.0. The molecule has 2 aliphatic carbocycles. The smallest absolute Gasteiger partial charge is 0.0689 e. The molecule has 4 rings (SSSR count). The Bertz CT molecular complexity index is 947. The zero-order valence-electron chi connectivity index (χ0n) is 23.8. The van der Waals surface area contributed by atoms with Gasteiger partial charge in [-0.1, -0.05) is 114 Å². The molecular formula is C36H51N. The van der Waals surface area contributed by atoms with Crippen molar-refractivity contribution in [3.63, 3.8) is 0 Å². The highest BCUT2D eigenvalue weighted by Gasteiger charge is 2.35. The Balaban J connectivity index is 1.27. The van der Waals surface area contributed by atoms with Crippen LogP contribution in [0.1, 0.15) is 146 Å². The van der Waals surface area contributed by atoms with Crippen molar-refractivity contribution in [2.45, 2.75) is 135 Å². The zero-order valence-corrected chi connectivity index (χ0v) is 23.8. The van der Waals surface area contributed by atoms with E-state index in [1.165, 1.54) is 93.7 Å². The Labute approximate surface area is 228 Å². The van der Waals surface area contributed by atoms with Crippen molar-refractivity contribution >= 4 is 0 Å². The minimum absolute atomic E-state index is 0.0564. The molecule has 1 heteroatoms. The van der Waals surface area contributed by atoms with E-state index in [1.54, 1.807) is 5.56 Å². The number of rotatable bonds is 12. The van der Waals surface area contributed by atoms with Crippen LogP contribution in [0.2, 0.25) is 0 Å². The van der Waals surface area contributed by atoms with Crippen LogP contribution in [0.3, 0.4) is 0 Å². The topological polar surface area (TPSA) is 23.8 Å². The summed E-state index contributed by atoms with van der Waals surface area (Å²) in [5.74, 6) is 2.35. The quantitative estimate of drug-likeness (QED) is 0.267. The molecular weight excluding hydrogens is 446 g/mol. The molecule has 0 unspecified atom stereocenters. The van der Waals surface area contributed by atoms with Crippen LogP contribution in [0, 0.1) is 22.7 Å². The highest BCUT2D eigenvalue weighted by atomic mass is 14.4. The lowest BCUT2D eigenvalue weighted by Gasteiger charge is -2.35. The average molecular weight is 498 g/mol. The minimum atomic E-state index is -0.0564. The molecule has 0 aliphatic heterocycles. The van der Waals surface area contributed by atoms with Crippen LogP contribution in [-0.4, -0.2) is 0 Å². The first-order valence-corrected chi connectivity index (χ1v) is 15.8. The van der Waals surface area contributed by atoms with Gasteiger partial charge in [0, 0.05) is 0 Å². The van der Waals surface area contributed by atoms with E-state index >= 15 is 0 Å². The van der Waals surface area contributed by atoms with Crippen molar-refractivity contribution in [1.29, 1.82) is 5.26 Å². The maximum Gasteiger partial charge on any atom is 0.0689 e. The summed E-state index contributed by atoms with van der Waals surface area (Å²) in [6, 6.07) is 21.6. The Morgan fingerprint density at radius 3 is 1.68 bits per heavy atom. The van der Waals surface area contributed by atoms with E-state index in [1.807, 2.05) is 0 Å². The standard InChI is InChI=1S/C36H51N/c1-3-5-7-8-9-25-36(28-37)26-23-35(24-27-36)34-21-19-33(20-22-34)32-17-15-31(16-18-32)30-13-11-29(12-14-30)10-6-4-2/h15-22,29-30,35H,3-14,23-27H2,1-2H3. The second kappa shape index (κ2) is 14.2. The largest absolute Gasteiger partial charge is 0.198 e. The van der Waals surface area contributed by atoms with E-state index in [9.17, 15) is 5.26 Å². The summed E-state index contributed by atoms with van der Waals surface area (Å²) in [6.07, 6.45) is 21.8. The Morgan fingerprint density at radius 1 is 0.649 bits per heavy atom. The van der Waals surface area contributed by atoms with Gasteiger partial charge in [-0.2, -0.15) is 5.26 Å². The fraction of sp³-hybridized carbons (Fsp3) is 0.639. The summed E-state index contributed by atoms with van der Waals surface area (Å²) in [5, 5.41) is 9.96. The molecule has 0 saturated heterocycles. The average Bonchev–Trinajstić information content (AvgIpc) is 2.97. The van der Waals surface area contributed by atoms with E-state index in [4.69, 9.17) is 0 Å². The first-order valence-electron chi connectivity index (χ1n) is 15.8. The molecule has 2 aromatic carbocycles. The van der Waals surface area contributed by atoms with Crippen molar-refractivity contribution in [2.75, 3.05) is 0 Å². The van der Waals surface area contributed by atoms with Crippen molar-refractivity contribution < 1.29 is 0 Å². The Morgan fingerprint density at radius 2 is 1.16 bits per heavy atom. The maximum absolute atomic E-state index is 9.96. The third kappa shape index (κ3) is 7.72. The van der Waals surface area contributed by atoms with Crippen LogP contribution in [0.25, 0.3) is 11.1 Å². The highest BCUT2D eigenvalue weighted by Crippen LogP contribution is 2.46. The first-order chi connectivity index (χ1) is 18.2. The lowest BCUT2D eigenvalue weighted by molar-refractivity contribution is 0.223. The molecule has 1 nitrogen and oxygen atoms in total. The molecule has 200 valence electrons. The third-order valence-electron chi connectivity index (χ3n) is 9.85. The van der Waals surface area contributed by atoms with Crippen LogP contribution in [0.4, 0.5) is 0 Å². The van der Waals surface area contributed by atoms with Crippen molar-refractivity contribution in [3.05, 3.63) is 59.7 Å². The van der Waals surface area contributed by atoms with Crippen molar-refractivity contribution in [1.82, 2.24) is 0 Å². The van der Waals surface area contributed by atoms with Gasteiger partial charge in [0.05, 0.1) is 11.5 Å². The molecule has 37 heavy (non-hydrogen) atoms. The van der Waals surface area contributed by atoms with E-state index < -0.39 is 0 Å². The minimum Gasteiger partial charge on any atom is -0.198 e.